The topological polar surface area (TPSA) is 112 Å². The SMILES string of the molecule is CC(=O)SC1CC(=O)N(c2c(N)[nH]c(=S)[nH]c2=O)C1. The van der Waals surface area contributed by atoms with E-state index in [0.29, 0.717) is 0 Å². The monoisotopic (exact) mass is 300 g/mol. The van der Waals surface area contributed by atoms with Crippen molar-refractivity contribution in [1.82, 2.24) is 9.97 Å². The maximum Gasteiger partial charge on any atom is 0.277 e. The molecule has 1 saturated heterocycles. The van der Waals surface area contributed by atoms with Gasteiger partial charge in [0.25, 0.3) is 5.56 Å². The molecular weight excluding hydrogens is 288 g/mol. The molecule has 2 rings (SSSR count). The molecule has 0 aliphatic carbocycles. The minimum Gasteiger partial charge on any atom is -0.383 e. The second-order valence-corrected chi connectivity index (χ2v) is 6.00. The number of thioether (sulfide) groups is 1. The van der Waals surface area contributed by atoms with Crippen LogP contribution in [0.2, 0.25) is 0 Å². The number of carbonyl (C=O) groups excluding carboxylic acids is 2. The molecule has 0 spiro atoms. The number of carbonyl (C=O) groups is 2. The summed E-state index contributed by atoms with van der Waals surface area (Å²) in [6, 6.07) is 0. The van der Waals surface area contributed by atoms with Gasteiger partial charge in [0, 0.05) is 25.1 Å². The molecule has 7 nitrogen and oxygen atoms in total. The molecule has 1 aromatic heterocycles. The van der Waals surface area contributed by atoms with E-state index >= 15 is 0 Å². The summed E-state index contributed by atoms with van der Waals surface area (Å²) in [5, 5.41) is -0.221. The normalized spacial score (nSPS) is 18.9. The van der Waals surface area contributed by atoms with Crippen LogP contribution in [0.15, 0.2) is 4.79 Å². The van der Waals surface area contributed by atoms with Gasteiger partial charge in [0.05, 0.1) is 0 Å². The van der Waals surface area contributed by atoms with Crippen LogP contribution in [0.25, 0.3) is 0 Å². The number of H-pyrrole nitrogens is 2. The van der Waals surface area contributed by atoms with E-state index in [1.54, 1.807) is 0 Å². The van der Waals surface area contributed by atoms with Gasteiger partial charge in [-0.3, -0.25) is 19.4 Å². The molecule has 0 aromatic carbocycles. The molecule has 0 saturated carbocycles. The smallest absolute Gasteiger partial charge is 0.277 e. The van der Waals surface area contributed by atoms with E-state index in [4.69, 9.17) is 18.0 Å². The summed E-state index contributed by atoms with van der Waals surface area (Å²) in [5.41, 5.74) is 5.25. The van der Waals surface area contributed by atoms with Crippen molar-refractivity contribution in [1.29, 1.82) is 0 Å². The number of aromatic amines is 2. The lowest BCUT2D eigenvalue weighted by atomic mass is 10.4. The predicted octanol–water partition coefficient (Wildman–Crippen LogP) is 0.400. The van der Waals surface area contributed by atoms with Crippen LogP contribution in [0.4, 0.5) is 11.5 Å². The van der Waals surface area contributed by atoms with Crippen molar-refractivity contribution >= 4 is 46.5 Å². The zero-order chi connectivity index (χ0) is 14.2. The molecule has 102 valence electrons. The van der Waals surface area contributed by atoms with Crippen LogP contribution in [0.1, 0.15) is 13.3 Å². The van der Waals surface area contributed by atoms with Gasteiger partial charge >= 0.3 is 0 Å². The first-order chi connectivity index (χ1) is 8.88. The van der Waals surface area contributed by atoms with Gasteiger partial charge in [0.1, 0.15) is 5.82 Å². The van der Waals surface area contributed by atoms with Crippen molar-refractivity contribution in [3.05, 3.63) is 15.1 Å². The molecule has 0 bridgehead atoms. The molecule has 1 atom stereocenters. The van der Waals surface area contributed by atoms with E-state index < -0.39 is 5.56 Å². The third kappa shape index (κ3) is 2.87. The number of anilines is 2. The Morgan fingerprint density at radius 1 is 1.47 bits per heavy atom. The Balaban J connectivity index is 2.33. The average Bonchev–Trinajstić information content (AvgIpc) is 2.57. The second kappa shape index (κ2) is 5.17. The number of rotatable bonds is 2. The molecule has 1 aliphatic rings. The summed E-state index contributed by atoms with van der Waals surface area (Å²) in [6.07, 6.45) is 0.207. The van der Waals surface area contributed by atoms with Crippen LogP contribution in [0.3, 0.4) is 0 Å². The summed E-state index contributed by atoms with van der Waals surface area (Å²) in [6.45, 7) is 1.72. The molecule has 1 fully saturated rings. The quantitative estimate of drug-likeness (QED) is 0.682. The van der Waals surface area contributed by atoms with E-state index in [2.05, 4.69) is 9.97 Å². The lowest BCUT2D eigenvalue weighted by molar-refractivity contribution is -0.117. The van der Waals surface area contributed by atoms with Gasteiger partial charge in [-0.25, -0.2) is 0 Å². The molecule has 19 heavy (non-hydrogen) atoms. The third-order valence-electron chi connectivity index (χ3n) is 2.64. The molecule has 2 heterocycles. The Morgan fingerprint density at radius 3 is 2.74 bits per heavy atom. The molecule has 0 radical (unpaired) electrons. The van der Waals surface area contributed by atoms with Crippen molar-refractivity contribution in [2.24, 2.45) is 0 Å². The first-order valence-corrected chi connectivity index (χ1v) is 6.77. The summed E-state index contributed by atoms with van der Waals surface area (Å²) < 4.78 is 0.104. The zero-order valence-corrected chi connectivity index (χ0v) is 11.7. The highest BCUT2D eigenvalue weighted by Gasteiger charge is 2.34. The van der Waals surface area contributed by atoms with Crippen LogP contribution >= 0.6 is 24.0 Å². The predicted molar refractivity (Wildman–Crippen MR) is 75.7 cm³/mol. The molecule has 1 aliphatic heterocycles. The van der Waals surface area contributed by atoms with E-state index in [1.165, 1.54) is 11.8 Å². The van der Waals surface area contributed by atoms with E-state index in [1.807, 2.05) is 0 Å². The molecule has 4 N–H and O–H groups in total. The Bertz CT molecular complexity index is 651. The second-order valence-electron chi connectivity index (χ2n) is 4.11. The van der Waals surface area contributed by atoms with Crippen molar-refractivity contribution in [3.63, 3.8) is 0 Å². The van der Waals surface area contributed by atoms with Crippen molar-refractivity contribution in [2.45, 2.75) is 18.6 Å². The molecule has 1 aromatic rings. The van der Waals surface area contributed by atoms with E-state index in [9.17, 15) is 14.4 Å². The number of hydrogen-bond donors (Lipinski definition) is 3. The lowest BCUT2D eigenvalue weighted by Crippen LogP contribution is -2.32. The Kier molecular flexibility index (Phi) is 3.76. The largest absolute Gasteiger partial charge is 0.383 e. The maximum absolute atomic E-state index is 11.9. The standard InChI is InChI=1S/C10H12N4O3S2/c1-4(15)19-5-2-6(16)14(3-5)7-8(11)12-10(18)13-9(7)17/h5H,2-3H2,1H3,(H4,11,12,13,17,18). The highest BCUT2D eigenvalue weighted by atomic mass is 32.2. The first kappa shape index (κ1) is 13.8. The fraction of sp³-hybridized carbons (Fsp3) is 0.400. The third-order valence-corrected chi connectivity index (χ3v) is 3.82. The van der Waals surface area contributed by atoms with Crippen LogP contribution in [0.5, 0.6) is 0 Å². The van der Waals surface area contributed by atoms with Gasteiger partial charge < -0.3 is 15.6 Å². The number of amides is 1. The lowest BCUT2D eigenvalue weighted by Gasteiger charge is -2.16. The van der Waals surface area contributed by atoms with Crippen LogP contribution in [-0.4, -0.2) is 32.8 Å². The van der Waals surface area contributed by atoms with Gasteiger partial charge in [0.2, 0.25) is 5.91 Å². The van der Waals surface area contributed by atoms with Crippen molar-refractivity contribution < 1.29 is 9.59 Å². The molecular formula is C10H12N4O3S2. The van der Waals surface area contributed by atoms with Crippen molar-refractivity contribution in [2.75, 3.05) is 17.2 Å². The minimum atomic E-state index is -0.511. The van der Waals surface area contributed by atoms with Crippen molar-refractivity contribution in [3.8, 4) is 0 Å². The Labute approximate surface area is 117 Å². The van der Waals surface area contributed by atoms with Gasteiger partial charge in [-0.2, -0.15) is 0 Å². The van der Waals surface area contributed by atoms with Crippen LogP contribution in [-0.2, 0) is 9.59 Å². The van der Waals surface area contributed by atoms with Crippen LogP contribution in [0, 0.1) is 4.77 Å². The molecule has 1 amide bonds. The number of nitrogens with one attached hydrogen (secondary N) is 2. The zero-order valence-electron chi connectivity index (χ0n) is 10.1. The molecule has 1 unspecified atom stereocenters. The highest BCUT2D eigenvalue weighted by molar-refractivity contribution is 8.14. The Morgan fingerprint density at radius 2 is 2.16 bits per heavy atom. The average molecular weight is 300 g/mol. The van der Waals surface area contributed by atoms with Gasteiger partial charge in [0.15, 0.2) is 15.6 Å². The number of nitrogens with two attached hydrogens (primary N) is 1. The number of hydrogen-bond acceptors (Lipinski definition) is 6. The van der Waals surface area contributed by atoms with Gasteiger partial charge in [-0.1, -0.05) is 11.8 Å². The maximum atomic E-state index is 11.9. The first-order valence-electron chi connectivity index (χ1n) is 5.48. The fourth-order valence-corrected chi connectivity index (χ4v) is 3.09. The summed E-state index contributed by atoms with van der Waals surface area (Å²) in [5.74, 6) is -0.183. The summed E-state index contributed by atoms with van der Waals surface area (Å²) >= 11 is 5.88. The Hall–Kier alpha value is -1.61. The number of nitrogens with zero attached hydrogens (tertiary/aromatic N) is 1. The van der Waals surface area contributed by atoms with Crippen LogP contribution < -0.4 is 16.2 Å². The fourth-order valence-electron chi connectivity index (χ4n) is 1.97. The summed E-state index contributed by atoms with van der Waals surface area (Å²) in [4.78, 5) is 41.1. The minimum absolute atomic E-state index is 0.0515. The van der Waals surface area contributed by atoms with E-state index in [-0.39, 0.29) is 45.5 Å². The van der Waals surface area contributed by atoms with Gasteiger partial charge in [-0.15, -0.1) is 0 Å². The number of nitrogen functional groups attached to an aromatic ring is 1. The summed E-state index contributed by atoms with van der Waals surface area (Å²) in [7, 11) is 0. The number of aromatic nitrogens is 2. The highest BCUT2D eigenvalue weighted by Crippen LogP contribution is 2.28. The van der Waals surface area contributed by atoms with Gasteiger partial charge in [-0.05, 0) is 12.2 Å². The van der Waals surface area contributed by atoms with E-state index in [0.717, 1.165) is 11.8 Å². The molecule has 9 heteroatoms.